The topological polar surface area (TPSA) is 40.1 Å². The van der Waals surface area contributed by atoms with Crippen molar-refractivity contribution in [3.63, 3.8) is 0 Å². The summed E-state index contributed by atoms with van der Waals surface area (Å²) in [5, 5.41) is 11.1. The Morgan fingerprint density at radius 3 is 2.12 bits per heavy atom. The summed E-state index contributed by atoms with van der Waals surface area (Å²) in [6, 6.07) is 15.0. The predicted octanol–water partition coefficient (Wildman–Crippen LogP) is -1.00. The molecule has 0 saturated carbocycles. The van der Waals surface area contributed by atoms with Gasteiger partial charge in [-0.25, -0.2) is 0 Å². The number of carbonyl (C=O) groups is 1. The molecule has 0 aromatic heterocycles. The molecule has 16 heavy (non-hydrogen) atoms. The van der Waals surface area contributed by atoms with Crippen LogP contribution in [0.25, 0.3) is 0 Å². The monoisotopic (exact) mass is 220 g/mol. The van der Waals surface area contributed by atoms with Gasteiger partial charge in [0.15, 0.2) is 5.78 Å². The Balaban J connectivity index is 0.00000128. The van der Waals surface area contributed by atoms with Crippen molar-refractivity contribution in [1.82, 2.24) is 0 Å². The maximum Gasteiger partial charge on any atom is 1.00 e. The molecule has 2 aromatic rings. The van der Waals surface area contributed by atoms with E-state index in [2.05, 4.69) is 0 Å². The molecule has 0 radical (unpaired) electrons. The largest absolute Gasteiger partial charge is 1.00 e. The quantitative estimate of drug-likeness (QED) is 0.481. The summed E-state index contributed by atoms with van der Waals surface area (Å²) in [5.41, 5.74) is 1.04. The summed E-state index contributed by atoms with van der Waals surface area (Å²) < 4.78 is 0. The maximum atomic E-state index is 11.9. The molecule has 2 rings (SSSR count). The maximum absolute atomic E-state index is 11.9. The van der Waals surface area contributed by atoms with Crippen LogP contribution in [0.3, 0.4) is 0 Å². The first kappa shape index (κ1) is 13.0. The molecule has 0 amide bonds. The van der Waals surface area contributed by atoms with Gasteiger partial charge in [0.1, 0.15) is 0 Å². The fourth-order valence-corrected chi connectivity index (χ4v) is 1.39. The van der Waals surface area contributed by atoms with E-state index in [1.807, 2.05) is 6.07 Å². The number of hydrogen-bond donors (Lipinski definition) is 0. The molecule has 0 N–H and O–H groups in total. The van der Waals surface area contributed by atoms with E-state index < -0.39 is 0 Å². The Kier molecular flexibility index (Phi) is 4.74. The molecule has 0 heterocycles. The van der Waals surface area contributed by atoms with E-state index in [1.165, 1.54) is 12.1 Å². The van der Waals surface area contributed by atoms with Gasteiger partial charge in [-0.15, -0.1) is 5.75 Å². The smallest absolute Gasteiger partial charge is 0.872 e. The van der Waals surface area contributed by atoms with Crippen LogP contribution in [-0.2, 0) is 0 Å². The van der Waals surface area contributed by atoms with Crippen LogP contribution in [0.4, 0.5) is 0 Å². The summed E-state index contributed by atoms with van der Waals surface area (Å²) in [4.78, 5) is 11.9. The molecule has 0 unspecified atom stereocenters. The van der Waals surface area contributed by atoms with Gasteiger partial charge in [-0.3, -0.25) is 4.79 Å². The van der Waals surface area contributed by atoms with Crippen molar-refractivity contribution in [2.75, 3.05) is 0 Å². The van der Waals surface area contributed by atoms with Crippen LogP contribution in [0.1, 0.15) is 15.9 Å². The van der Waals surface area contributed by atoms with Crippen molar-refractivity contribution < 1.29 is 39.5 Å². The Hall–Kier alpha value is -1.09. The van der Waals surface area contributed by atoms with Crippen molar-refractivity contribution >= 4 is 5.78 Å². The number of benzene rings is 2. The van der Waals surface area contributed by atoms with Crippen LogP contribution < -0.4 is 34.7 Å². The van der Waals surface area contributed by atoms with E-state index in [-0.39, 0.29) is 41.1 Å². The molecule has 0 bridgehead atoms. The fraction of sp³-hybridized carbons (Fsp3) is 0. The van der Waals surface area contributed by atoms with Crippen LogP contribution in [0.2, 0.25) is 0 Å². The van der Waals surface area contributed by atoms with Crippen LogP contribution in [-0.4, -0.2) is 5.78 Å². The molecule has 0 saturated heterocycles. The molecule has 2 aromatic carbocycles. The molecule has 0 aliphatic heterocycles. The van der Waals surface area contributed by atoms with E-state index in [0.29, 0.717) is 11.1 Å². The van der Waals surface area contributed by atoms with Crippen molar-refractivity contribution in [3.8, 4) is 5.75 Å². The third-order valence-electron chi connectivity index (χ3n) is 2.13. The SMILES string of the molecule is O=C(c1ccccc1)c1cccc([O-])c1.[Na+]. The molecule has 3 heteroatoms. The molecular weight excluding hydrogens is 211 g/mol. The van der Waals surface area contributed by atoms with Gasteiger partial charge < -0.3 is 5.11 Å². The molecule has 0 spiro atoms. The normalized spacial score (nSPS) is 9.25. The Bertz CT molecular complexity index is 480. The summed E-state index contributed by atoms with van der Waals surface area (Å²) in [5.74, 6) is -0.259. The van der Waals surface area contributed by atoms with E-state index in [4.69, 9.17) is 0 Å². The number of ketones is 1. The number of carbonyl (C=O) groups excluding carboxylic acids is 1. The minimum atomic E-state index is -0.142. The van der Waals surface area contributed by atoms with Gasteiger partial charge in [0, 0.05) is 11.1 Å². The zero-order chi connectivity index (χ0) is 10.7. The van der Waals surface area contributed by atoms with Gasteiger partial charge in [-0.1, -0.05) is 54.6 Å². The summed E-state index contributed by atoms with van der Waals surface area (Å²) >= 11 is 0. The van der Waals surface area contributed by atoms with Crippen molar-refractivity contribution in [1.29, 1.82) is 0 Å². The van der Waals surface area contributed by atoms with E-state index >= 15 is 0 Å². The van der Waals surface area contributed by atoms with E-state index in [1.54, 1.807) is 36.4 Å². The Labute approximate surface area is 116 Å². The fourth-order valence-electron chi connectivity index (χ4n) is 1.39. The zero-order valence-corrected chi connectivity index (χ0v) is 11.0. The van der Waals surface area contributed by atoms with Gasteiger partial charge in [0.2, 0.25) is 0 Å². The molecule has 74 valence electrons. The summed E-state index contributed by atoms with van der Waals surface area (Å²) in [7, 11) is 0. The van der Waals surface area contributed by atoms with Gasteiger partial charge in [0.05, 0.1) is 0 Å². The third kappa shape index (κ3) is 2.95. The zero-order valence-electron chi connectivity index (χ0n) is 9.01. The van der Waals surface area contributed by atoms with Gasteiger partial charge >= 0.3 is 29.6 Å². The number of rotatable bonds is 2. The van der Waals surface area contributed by atoms with Gasteiger partial charge in [-0.2, -0.15) is 0 Å². The van der Waals surface area contributed by atoms with Crippen LogP contribution in [0.5, 0.6) is 5.75 Å². The number of hydrogen-bond acceptors (Lipinski definition) is 2. The van der Waals surface area contributed by atoms with E-state index in [0.717, 1.165) is 0 Å². The predicted molar refractivity (Wildman–Crippen MR) is 55.8 cm³/mol. The molecule has 0 aliphatic rings. The van der Waals surface area contributed by atoms with Crippen LogP contribution in [0, 0.1) is 0 Å². The second kappa shape index (κ2) is 5.85. The minimum Gasteiger partial charge on any atom is -0.872 e. The second-order valence-electron chi connectivity index (χ2n) is 3.22. The van der Waals surface area contributed by atoms with E-state index in [9.17, 15) is 9.90 Å². The minimum absolute atomic E-state index is 0. The standard InChI is InChI=1S/C13H10O2.Na/c14-12-8-4-7-11(9-12)13(15)10-5-2-1-3-6-10;/h1-9,14H;/q;+1/p-1. The molecule has 0 aliphatic carbocycles. The van der Waals surface area contributed by atoms with Gasteiger partial charge in [0.25, 0.3) is 0 Å². The van der Waals surface area contributed by atoms with Crippen molar-refractivity contribution in [2.24, 2.45) is 0 Å². The Morgan fingerprint density at radius 2 is 1.50 bits per heavy atom. The second-order valence-corrected chi connectivity index (χ2v) is 3.22. The third-order valence-corrected chi connectivity index (χ3v) is 2.13. The van der Waals surface area contributed by atoms with Crippen molar-refractivity contribution in [3.05, 3.63) is 65.7 Å². The molecule has 0 atom stereocenters. The first-order valence-electron chi connectivity index (χ1n) is 4.64. The van der Waals surface area contributed by atoms with Crippen molar-refractivity contribution in [2.45, 2.75) is 0 Å². The molecular formula is C13H9NaO2. The Morgan fingerprint density at radius 1 is 0.875 bits per heavy atom. The summed E-state index contributed by atoms with van der Waals surface area (Å²) in [6.07, 6.45) is 0. The molecule has 0 fully saturated rings. The first-order chi connectivity index (χ1) is 7.27. The first-order valence-corrected chi connectivity index (χ1v) is 4.64. The average Bonchev–Trinajstić information content (AvgIpc) is 2.29. The average molecular weight is 220 g/mol. The summed E-state index contributed by atoms with van der Waals surface area (Å²) in [6.45, 7) is 0. The molecule has 2 nitrogen and oxygen atoms in total. The van der Waals surface area contributed by atoms with Gasteiger partial charge in [-0.05, 0) is 0 Å². The van der Waals surface area contributed by atoms with Crippen LogP contribution in [0.15, 0.2) is 54.6 Å². The van der Waals surface area contributed by atoms with Crippen LogP contribution >= 0.6 is 0 Å².